The van der Waals surface area contributed by atoms with Crippen molar-refractivity contribution < 1.29 is 21.0 Å². The van der Waals surface area contributed by atoms with Crippen LogP contribution in [0.25, 0.3) is 0 Å². The van der Waals surface area contributed by atoms with Gasteiger partial charge in [-0.25, -0.2) is 8.42 Å². The lowest BCUT2D eigenvalue weighted by Gasteiger charge is -2.32. The molecule has 0 saturated carbocycles. The summed E-state index contributed by atoms with van der Waals surface area (Å²) in [6, 6.07) is -0.363. The molecule has 1 atom stereocenters. The van der Waals surface area contributed by atoms with Crippen molar-refractivity contribution >= 4 is 20.1 Å². The molecule has 1 aliphatic rings. The second-order valence-corrected chi connectivity index (χ2v) is 7.59. The average molecular weight is 271 g/mol. The van der Waals surface area contributed by atoms with Crippen molar-refractivity contribution in [2.24, 2.45) is 0 Å². The summed E-state index contributed by atoms with van der Waals surface area (Å²) in [4.78, 5) is 0. The van der Waals surface area contributed by atoms with Crippen molar-refractivity contribution in [1.29, 1.82) is 0 Å². The second-order valence-electron chi connectivity index (χ2n) is 4.01. The molecule has 0 radical (unpaired) electrons. The van der Waals surface area contributed by atoms with Crippen LogP contribution in [0.4, 0.5) is 0 Å². The third kappa shape index (κ3) is 4.36. The first-order chi connectivity index (χ1) is 7.20. The summed E-state index contributed by atoms with van der Waals surface area (Å²) in [6.07, 6.45) is 4.43. The van der Waals surface area contributed by atoms with Gasteiger partial charge in [-0.1, -0.05) is 6.42 Å². The molecule has 0 aliphatic carbocycles. The molecule has 0 N–H and O–H groups in total. The summed E-state index contributed by atoms with van der Waals surface area (Å²) in [6.45, 7) is 0.350. The van der Waals surface area contributed by atoms with Gasteiger partial charge in [0.05, 0.1) is 19.1 Å². The normalized spacial score (nSPS) is 24.5. The molecule has 6 nitrogen and oxygen atoms in total. The van der Waals surface area contributed by atoms with Crippen LogP contribution in [0, 0.1) is 0 Å². The first kappa shape index (κ1) is 13.9. The Labute approximate surface area is 96.8 Å². The molecule has 16 heavy (non-hydrogen) atoms. The van der Waals surface area contributed by atoms with E-state index in [1.54, 1.807) is 0 Å². The van der Waals surface area contributed by atoms with Crippen molar-refractivity contribution in [1.82, 2.24) is 4.31 Å². The lowest BCUT2D eigenvalue weighted by atomic mass is 10.1. The quantitative estimate of drug-likeness (QED) is 0.660. The highest BCUT2D eigenvalue weighted by Crippen LogP contribution is 2.20. The molecule has 1 aliphatic heterocycles. The van der Waals surface area contributed by atoms with E-state index in [0.717, 1.165) is 25.4 Å². The maximum Gasteiger partial charge on any atom is 0.264 e. The lowest BCUT2D eigenvalue weighted by molar-refractivity contribution is 0.174. The van der Waals surface area contributed by atoms with Gasteiger partial charge in [-0.05, 0) is 12.8 Å². The smallest absolute Gasteiger partial charge is 0.264 e. The number of sulfonamides is 1. The largest absolute Gasteiger partial charge is 0.269 e. The predicted molar refractivity (Wildman–Crippen MR) is 60.0 cm³/mol. The number of hydrogen-bond acceptors (Lipinski definition) is 5. The fourth-order valence-corrected chi connectivity index (χ4v) is 3.35. The number of piperidine rings is 1. The van der Waals surface area contributed by atoms with Gasteiger partial charge >= 0.3 is 0 Å². The topological polar surface area (TPSA) is 80.8 Å². The minimum Gasteiger partial charge on any atom is -0.269 e. The number of hydrogen-bond donors (Lipinski definition) is 0. The highest BCUT2D eigenvalue weighted by molar-refractivity contribution is 7.88. The molecule has 1 heterocycles. The molecule has 0 aromatic heterocycles. The fraction of sp³-hybridized carbons (Fsp3) is 1.00. The molecule has 0 aromatic carbocycles. The summed E-state index contributed by atoms with van der Waals surface area (Å²) in [5.74, 6) is 0. The van der Waals surface area contributed by atoms with Gasteiger partial charge < -0.3 is 0 Å². The SMILES string of the molecule is CS(=O)(=O)OCC1CCCCN1S(C)(=O)=O. The summed E-state index contributed by atoms with van der Waals surface area (Å²) in [7, 11) is -6.80. The molecular formula is C8H17NO5S2. The Morgan fingerprint density at radius 1 is 1.19 bits per heavy atom. The van der Waals surface area contributed by atoms with E-state index < -0.39 is 20.1 Å². The van der Waals surface area contributed by atoms with Gasteiger partial charge in [0.1, 0.15) is 0 Å². The summed E-state index contributed by atoms with van der Waals surface area (Å²) in [5, 5.41) is 0. The summed E-state index contributed by atoms with van der Waals surface area (Å²) >= 11 is 0. The van der Waals surface area contributed by atoms with Crippen LogP contribution < -0.4 is 0 Å². The van der Waals surface area contributed by atoms with Crippen LogP contribution in [0.1, 0.15) is 19.3 Å². The van der Waals surface area contributed by atoms with Crippen LogP contribution in [0.5, 0.6) is 0 Å². The molecule has 0 aromatic rings. The van der Waals surface area contributed by atoms with Gasteiger partial charge in [-0.3, -0.25) is 4.18 Å². The molecular weight excluding hydrogens is 254 g/mol. The molecule has 8 heteroatoms. The standard InChI is InChI=1S/C8H17NO5S2/c1-15(10,11)9-6-4-3-5-8(9)7-14-16(2,12)13/h8H,3-7H2,1-2H3. The maximum atomic E-state index is 11.4. The maximum absolute atomic E-state index is 11.4. The zero-order valence-electron chi connectivity index (χ0n) is 9.42. The first-order valence-corrected chi connectivity index (χ1v) is 8.68. The van der Waals surface area contributed by atoms with Gasteiger partial charge in [0.2, 0.25) is 10.0 Å². The zero-order chi connectivity index (χ0) is 12.4. The first-order valence-electron chi connectivity index (χ1n) is 5.01. The highest BCUT2D eigenvalue weighted by atomic mass is 32.2. The van der Waals surface area contributed by atoms with Crippen molar-refractivity contribution in [3.63, 3.8) is 0 Å². The Bertz CT molecular complexity index is 427. The van der Waals surface area contributed by atoms with Crippen molar-refractivity contribution in [2.75, 3.05) is 25.7 Å². The summed E-state index contributed by atoms with van der Waals surface area (Å²) in [5.41, 5.74) is 0. The monoisotopic (exact) mass is 271 g/mol. The van der Waals surface area contributed by atoms with Crippen LogP contribution >= 0.6 is 0 Å². The third-order valence-electron chi connectivity index (χ3n) is 2.47. The van der Waals surface area contributed by atoms with Crippen molar-refractivity contribution in [3.05, 3.63) is 0 Å². The van der Waals surface area contributed by atoms with E-state index in [4.69, 9.17) is 0 Å². The molecule has 1 rings (SSSR count). The molecule has 0 bridgehead atoms. The molecule has 1 fully saturated rings. The number of nitrogens with zero attached hydrogens (tertiary/aromatic N) is 1. The van der Waals surface area contributed by atoms with E-state index in [9.17, 15) is 16.8 Å². The third-order valence-corrected chi connectivity index (χ3v) is 4.37. The van der Waals surface area contributed by atoms with Crippen LogP contribution in [0.3, 0.4) is 0 Å². The Morgan fingerprint density at radius 2 is 1.81 bits per heavy atom. The summed E-state index contributed by atoms with van der Waals surface area (Å²) < 4.78 is 50.5. The van der Waals surface area contributed by atoms with Gasteiger partial charge in [0, 0.05) is 12.6 Å². The Hall–Kier alpha value is -0.180. The minimum absolute atomic E-state index is 0.0914. The Morgan fingerprint density at radius 3 is 2.31 bits per heavy atom. The van der Waals surface area contributed by atoms with E-state index >= 15 is 0 Å². The van der Waals surface area contributed by atoms with Gasteiger partial charge in [0.15, 0.2) is 0 Å². The molecule has 96 valence electrons. The zero-order valence-corrected chi connectivity index (χ0v) is 11.1. The number of rotatable bonds is 4. The van der Waals surface area contributed by atoms with E-state index in [1.807, 2.05) is 0 Å². The van der Waals surface area contributed by atoms with Crippen LogP contribution in [-0.4, -0.2) is 52.8 Å². The van der Waals surface area contributed by atoms with Crippen LogP contribution in [0.2, 0.25) is 0 Å². The van der Waals surface area contributed by atoms with Gasteiger partial charge in [-0.2, -0.15) is 12.7 Å². The molecule has 1 saturated heterocycles. The van der Waals surface area contributed by atoms with Gasteiger partial charge in [0.25, 0.3) is 10.1 Å². The van der Waals surface area contributed by atoms with Crippen molar-refractivity contribution in [2.45, 2.75) is 25.3 Å². The van der Waals surface area contributed by atoms with Crippen LogP contribution in [0.15, 0.2) is 0 Å². The molecule has 0 amide bonds. The minimum atomic E-state index is -3.51. The second kappa shape index (κ2) is 4.99. The van der Waals surface area contributed by atoms with E-state index in [-0.39, 0.29) is 12.6 Å². The Balaban J connectivity index is 2.69. The van der Waals surface area contributed by atoms with Crippen molar-refractivity contribution in [3.8, 4) is 0 Å². The molecule has 0 spiro atoms. The van der Waals surface area contributed by atoms with E-state index in [1.165, 1.54) is 4.31 Å². The molecule has 1 unspecified atom stereocenters. The van der Waals surface area contributed by atoms with Gasteiger partial charge in [-0.15, -0.1) is 0 Å². The average Bonchev–Trinajstić information content (AvgIpc) is 2.12. The lowest BCUT2D eigenvalue weighted by Crippen LogP contribution is -2.45. The fourth-order valence-electron chi connectivity index (χ4n) is 1.78. The highest BCUT2D eigenvalue weighted by Gasteiger charge is 2.30. The Kier molecular flexibility index (Phi) is 4.33. The van der Waals surface area contributed by atoms with E-state index in [0.29, 0.717) is 13.0 Å². The van der Waals surface area contributed by atoms with E-state index in [2.05, 4.69) is 4.18 Å². The predicted octanol–water partition coefficient (Wildman–Crippen LogP) is -0.223. The van der Waals surface area contributed by atoms with Crippen LogP contribution in [-0.2, 0) is 24.3 Å².